The highest BCUT2D eigenvalue weighted by molar-refractivity contribution is 6.10. The summed E-state index contributed by atoms with van der Waals surface area (Å²) < 4.78 is 0. The second-order valence-electron chi connectivity index (χ2n) is 0.968. The van der Waals surface area contributed by atoms with Crippen molar-refractivity contribution in [1.82, 2.24) is 0 Å². The lowest BCUT2D eigenvalue weighted by molar-refractivity contribution is -0.281. The fourth-order valence-electron chi connectivity index (χ4n) is 0.152. The van der Waals surface area contributed by atoms with Crippen LogP contribution >= 0.6 is 0 Å². The maximum atomic E-state index is 5.06. The molecule has 0 fully saturated rings. The molecule has 0 aromatic rings. The van der Waals surface area contributed by atoms with Crippen molar-refractivity contribution in [3.63, 3.8) is 0 Å². The third-order valence-corrected chi connectivity index (χ3v) is 0.248. The second-order valence-corrected chi connectivity index (χ2v) is 0.968. The van der Waals surface area contributed by atoms with E-state index >= 15 is 0 Å². The van der Waals surface area contributed by atoms with Crippen LogP contribution in [0.1, 0.15) is 6.92 Å². The summed E-state index contributed by atoms with van der Waals surface area (Å²) in [4.78, 5) is 8.50. The maximum absolute atomic E-state index is 5.06. The SMILES string of the molecule is [B]C(C)OOC. The van der Waals surface area contributed by atoms with E-state index in [1.165, 1.54) is 7.11 Å². The average molecular weight is 85.9 g/mol. The van der Waals surface area contributed by atoms with Gasteiger partial charge in [-0.15, -0.1) is 0 Å². The first kappa shape index (κ1) is 5.98. The van der Waals surface area contributed by atoms with E-state index in [4.69, 9.17) is 7.85 Å². The van der Waals surface area contributed by atoms with Gasteiger partial charge in [0.25, 0.3) is 0 Å². The van der Waals surface area contributed by atoms with Crippen LogP contribution in [0.5, 0.6) is 0 Å². The Hall–Kier alpha value is -0.0151. The van der Waals surface area contributed by atoms with E-state index in [2.05, 4.69) is 9.78 Å². The topological polar surface area (TPSA) is 18.5 Å². The van der Waals surface area contributed by atoms with Crippen molar-refractivity contribution in [3.8, 4) is 0 Å². The number of hydrogen-bond donors (Lipinski definition) is 0. The maximum Gasteiger partial charge on any atom is 0.113 e. The first-order valence-electron chi connectivity index (χ1n) is 1.72. The molecule has 1 unspecified atom stereocenters. The molecule has 0 saturated heterocycles. The van der Waals surface area contributed by atoms with Gasteiger partial charge in [-0.25, -0.2) is 9.78 Å². The summed E-state index contributed by atoms with van der Waals surface area (Å²) in [7, 11) is 6.48. The fourth-order valence-corrected chi connectivity index (χ4v) is 0.152. The first-order chi connectivity index (χ1) is 2.77. The lowest BCUT2D eigenvalue weighted by atomic mass is 10.0. The predicted molar refractivity (Wildman–Crippen MR) is 23.3 cm³/mol. The molecule has 0 N–H and O–H groups in total. The highest BCUT2D eigenvalue weighted by Gasteiger charge is 1.85. The van der Waals surface area contributed by atoms with E-state index in [1.807, 2.05) is 0 Å². The zero-order valence-corrected chi connectivity index (χ0v) is 3.97. The van der Waals surface area contributed by atoms with Crippen molar-refractivity contribution in [3.05, 3.63) is 0 Å². The van der Waals surface area contributed by atoms with Crippen molar-refractivity contribution in [2.75, 3.05) is 7.11 Å². The largest absolute Gasteiger partial charge is 0.244 e. The van der Waals surface area contributed by atoms with E-state index in [0.717, 1.165) is 0 Å². The van der Waals surface area contributed by atoms with Crippen LogP contribution in [0.15, 0.2) is 0 Å². The van der Waals surface area contributed by atoms with E-state index < -0.39 is 0 Å². The van der Waals surface area contributed by atoms with Crippen LogP contribution in [-0.4, -0.2) is 21.0 Å². The minimum atomic E-state index is -0.324. The molecular formula is C3H7BO2. The van der Waals surface area contributed by atoms with Crippen LogP contribution in [0.4, 0.5) is 0 Å². The Morgan fingerprint density at radius 1 is 1.67 bits per heavy atom. The quantitative estimate of drug-likeness (QED) is 0.269. The van der Waals surface area contributed by atoms with Crippen LogP contribution < -0.4 is 0 Å². The van der Waals surface area contributed by atoms with Gasteiger partial charge < -0.3 is 0 Å². The molecule has 0 aromatic heterocycles. The van der Waals surface area contributed by atoms with Crippen LogP contribution in [-0.2, 0) is 9.78 Å². The van der Waals surface area contributed by atoms with Gasteiger partial charge in [0, 0.05) is 6.00 Å². The predicted octanol–water partition coefficient (Wildman–Crippen LogP) is 0.0789. The van der Waals surface area contributed by atoms with Gasteiger partial charge in [0.05, 0.1) is 7.11 Å². The van der Waals surface area contributed by atoms with Crippen LogP contribution in [0.25, 0.3) is 0 Å². The summed E-state index contributed by atoms with van der Waals surface area (Å²) in [5, 5.41) is 0. The van der Waals surface area contributed by atoms with Crippen LogP contribution in [0.2, 0.25) is 0 Å². The Balaban J connectivity index is 2.63. The lowest BCUT2D eigenvalue weighted by Gasteiger charge is -1.99. The molecule has 0 heterocycles. The summed E-state index contributed by atoms with van der Waals surface area (Å²) in [5.74, 6) is 0. The van der Waals surface area contributed by atoms with Gasteiger partial charge in [0.15, 0.2) is 0 Å². The molecule has 6 heavy (non-hydrogen) atoms. The monoisotopic (exact) mass is 86.1 g/mol. The average Bonchev–Trinajstić information content (AvgIpc) is 1.35. The Kier molecular flexibility index (Phi) is 3.18. The second kappa shape index (κ2) is 3.19. The third-order valence-electron chi connectivity index (χ3n) is 0.248. The van der Waals surface area contributed by atoms with Gasteiger partial charge in [0.1, 0.15) is 7.85 Å². The summed E-state index contributed by atoms with van der Waals surface area (Å²) in [6.07, 6.45) is 0. The standard InChI is InChI=1S/C3H7BO2/c1-3(4)6-5-2/h3H,1-2H3. The summed E-state index contributed by atoms with van der Waals surface area (Å²) >= 11 is 0. The van der Waals surface area contributed by atoms with Crippen LogP contribution in [0, 0.1) is 0 Å². The van der Waals surface area contributed by atoms with Crippen molar-refractivity contribution in [1.29, 1.82) is 0 Å². The smallest absolute Gasteiger partial charge is 0.113 e. The number of hydrogen-bond acceptors (Lipinski definition) is 2. The van der Waals surface area contributed by atoms with Crippen molar-refractivity contribution >= 4 is 7.85 Å². The van der Waals surface area contributed by atoms with Gasteiger partial charge in [-0.2, -0.15) is 0 Å². The molecule has 0 saturated carbocycles. The van der Waals surface area contributed by atoms with Gasteiger partial charge in [-0.05, 0) is 6.92 Å². The molecule has 34 valence electrons. The van der Waals surface area contributed by atoms with Gasteiger partial charge >= 0.3 is 0 Å². The molecule has 0 aliphatic heterocycles. The van der Waals surface area contributed by atoms with Crippen LogP contribution in [0.3, 0.4) is 0 Å². The third kappa shape index (κ3) is 3.98. The minimum Gasteiger partial charge on any atom is -0.244 e. The molecule has 0 aliphatic rings. The van der Waals surface area contributed by atoms with E-state index in [9.17, 15) is 0 Å². The van der Waals surface area contributed by atoms with Gasteiger partial charge in [-0.3, -0.25) is 0 Å². The van der Waals surface area contributed by atoms with Gasteiger partial charge in [0.2, 0.25) is 0 Å². The molecule has 1 atom stereocenters. The number of rotatable bonds is 2. The van der Waals surface area contributed by atoms with Crippen molar-refractivity contribution in [2.45, 2.75) is 12.9 Å². The summed E-state index contributed by atoms with van der Waals surface area (Å²) in [6, 6.07) is -0.324. The Bertz CT molecular complexity index is 30.0. The molecule has 0 amide bonds. The van der Waals surface area contributed by atoms with E-state index in [-0.39, 0.29) is 6.00 Å². The Labute approximate surface area is 38.8 Å². The molecule has 0 rings (SSSR count). The molecule has 0 spiro atoms. The zero-order chi connectivity index (χ0) is 4.99. The van der Waals surface area contributed by atoms with E-state index in [1.54, 1.807) is 6.92 Å². The minimum absolute atomic E-state index is 0.324. The first-order valence-corrected chi connectivity index (χ1v) is 1.72. The Morgan fingerprint density at radius 2 is 2.17 bits per heavy atom. The van der Waals surface area contributed by atoms with E-state index in [0.29, 0.717) is 0 Å². The van der Waals surface area contributed by atoms with Crippen molar-refractivity contribution < 1.29 is 9.78 Å². The Morgan fingerprint density at radius 3 is 2.17 bits per heavy atom. The molecule has 2 radical (unpaired) electrons. The normalized spacial score (nSPS) is 14.3. The molecule has 0 aliphatic carbocycles. The highest BCUT2D eigenvalue weighted by Crippen LogP contribution is 1.78. The highest BCUT2D eigenvalue weighted by atomic mass is 17.2. The molecule has 0 aromatic carbocycles. The summed E-state index contributed by atoms with van der Waals surface area (Å²) in [6.45, 7) is 1.68. The van der Waals surface area contributed by atoms with Gasteiger partial charge in [-0.1, -0.05) is 0 Å². The molecule has 3 heteroatoms. The molecular weight excluding hydrogens is 78.8 g/mol. The lowest BCUT2D eigenvalue weighted by Crippen LogP contribution is -2.04. The molecule has 2 nitrogen and oxygen atoms in total. The summed E-state index contributed by atoms with van der Waals surface area (Å²) in [5.41, 5.74) is 0. The zero-order valence-electron chi connectivity index (χ0n) is 3.97. The van der Waals surface area contributed by atoms with Crippen molar-refractivity contribution in [2.24, 2.45) is 0 Å². The molecule has 0 bridgehead atoms. The fraction of sp³-hybridized carbons (Fsp3) is 1.00.